The van der Waals surface area contributed by atoms with Crippen molar-refractivity contribution in [1.82, 2.24) is 0 Å². The number of carbonyl (C=O) groups is 1. The largest absolute Gasteiger partial charge is 0.468 e. The van der Waals surface area contributed by atoms with E-state index in [9.17, 15) is 4.79 Å². The molecule has 0 aliphatic heterocycles. The highest BCUT2D eigenvalue weighted by molar-refractivity contribution is 6.22. The Morgan fingerprint density at radius 2 is 2.00 bits per heavy atom. The lowest BCUT2D eigenvalue weighted by Gasteiger charge is -2.15. The van der Waals surface area contributed by atoms with Gasteiger partial charge in [0.25, 0.3) is 0 Å². The lowest BCUT2D eigenvalue weighted by Crippen LogP contribution is -2.35. The molecule has 1 unspecified atom stereocenters. The van der Waals surface area contributed by atoms with Crippen molar-refractivity contribution in [3.8, 4) is 0 Å². The third-order valence-electron chi connectivity index (χ3n) is 1.91. The zero-order valence-corrected chi connectivity index (χ0v) is 8.57. The standard InChI is InChI=1S/C10H12ClNO2/c1-14-10(13)9(12)8(11)7-5-3-2-4-6-7/h2-6,8-9H,12H2,1H3/t8?,9-/m0/s1. The summed E-state index contributed by atoms with van der Waals surface area (Å²) in [4.78, 5) is 11.1. The molecule has 0 heterocycles. The van der Waals surface area contributed by atoms with E-state index in [1.807, 2.05) is 30.3 Å². The number of alkyl halides is 1. The summed E-state index contributed by atoms with van der Waals surface area (Å²) in [6, 6.07) is 8.37. The molecule has 0 aliphatic carbocycles. The van der Waals surface area contributed by atoms with Crippen molar-refractivity contribution in [2.24, 2.45) is 5.73 Å². The molecule has 1 aromatic rings. The maximum atomic E-state index is 11.1. The Hall–Kier alpha value is -1.06. The van der Waals surface area contributed by atoms with Crippen LogP contribution in [-0.4, -0.2) is 19.1 Å². The van der Waals surface area contributed by atoms with Crippen LogP contribution in [0.2, 0.25) is 0 Å². The van der Waals surface area contributed by atoms with Crippen LogP contribution in [0, 0.1) is 0 Å². The average molecular weight is 214 g/mol. The Balaban J connectivity index is 2.75. The summed E-state index contributed by atoms with van der Waals surface area (Å²) in [5, 5.41) is -0.552. The van der Waals surface area contributed by atoms with Gasteiger partial charge in [0.2, 0.25) is 0 Å². The molecule has 0 radical (unpaired) electrons. The molecule has 2 N–H and O–H groups in total. The lowest BCUT2D eigenvalue weighted by atomic mass is 10.1. The number of carbonyl (C=O) groups excluding carboxylic acids is 1. The molecule has 1 aromatic carbocycles. The number of benzene rings is 1. The van der Waals surface area contributed by atoms with Gasteiger partial charge in [-0.25, -0.2) is 0 Å². The van der Waals surface area contributed by atoms with Crippen LogP contribution in [0.3, 0.4) is 0 Å². The Labute approximate surface area is 87.8 Å². The first-order chi connectivity index (χ1) is 6.66. The smallest absolute Gasteiger partial charge is 0.324 e. The second-order valence-corrected chi connectivity index (χ2v) is 3.33. The van der Waals surface area contributed by atoms with E-state index >= 15 is 0 Å². The van der Waals surface area contributed by atoms with Crippen molar-refractivity contribution >= 4 is 17.6 Å². The fourth-order valence-corrected chi connectivity index (χ4v) is 1.35. The molecule has 14 heavy (non-hydrogen) atoms. The molecular formula is C10H12ClNO2. The molecule has 4 heteroatoms. The molecule has 0 saturated heterocycles. The minimum absolute atomic E-state index is 0.506. The molecule has 0 amide bonds. The molecule has 76 valence electrons. The summed E-state index contributed by atoms with van der Waals surface area (Å²) in [6.45, 7) is 0. The quantitative estimate of drug-likeness (QED) is 0.611. The second-order valence-electron chi connectivity index (χ2n) is 2.86. The van der Waals surface area contributed by atoms with Crippen molar-refractivity contribution in [3.63, 3.8) is 0 Å². The number of nitrogens with two attached hydrogens (primary N) is 1. The topological polar surface area (TPSA) is 52.3 Å². The molecule has 0 spiro atoms. The van der Waals surface area contributed by atoms with Crippen LogP contribution in [0.1, 0.15) is 10.9 Å². The van der Waals surface area contributed by atoms with E-state index in [4.69, 9.17) is 17.3 Å². The first kappa shape index (κ1) is 11.0. The molecule has 0 bridgehead atoms. The fraction of sp³-hybridized carbons (Fsp3) is 0.300. The van der Waals surface area contributed by atoms with Gasteiger partial charge in [-0.3, -0.25) is 4.79 Å². The van der Waals surface area contributed by atoms with Gasteiger partial charge in [-0.2, -0.15) is 0 Å². The van der Waals surface area contributed by atoms with Crippen LogP contribution in [0.25, 0.3) is 0 Å². The third kappa shape index (κ3) is 2.47. The number of esters is 1. The minimum Gasteiger partial charge on any atom is -0.468 e. The summed E-state index contributed by atoms with van der Waals surface area (Å²) >= 11 is 6.00. The van der Waals surface area contributed by atoms with E-state index in [0.29, 0.717) is 0 Å². The van der Waals surface area contributed by atoms with E-state index in [-0.39, 0.29) is 0 Å². The number of hydrogen-bond donors (Lipinski definition) is 1. The van der Waals surface area contributed by atoms with Gasteiger partial charge >= 0.3 is 5.97 Å². The zero-order chi connectivity index (χ0) is 10.6. The van der Waals surface area contributed by atoms with E-state index in [0.717, 1.165) is 5.56 Å². The highest BCUT2D eigenvalue weighted by atomic mass is 35.5. The summed E-state index contributed by atoms with van der Waals surface area (Å²) in [7, 11) is 1.29. The van der Waals surface area contributed by atoms with Gasteiger partial charge in [-0.1, -0.05) is 30.3 Å². The first-order valence-electron chi connectivity index (χ1n) is 4.19. The van der Waals surface area contributed by atoms with E-state index in [1.165, 1.54) is 7.11 Å². The third-order valence-corrected chi connectivity index (χ3v) is 2.43. The second kappa shape index (κ2) is 4.98. The Kier molecular flexibility index (Phi) is 3.92. The monoisotopic (exact) mass is 213 g/mol. The van der Waals surface area contributed by atoms with Gasteiger partial charge in [0.1, 0.15) is 6.04 Å². The van der Waals surface area contributed by atoms with Crippen LogP contribution >= 0.6 is 11.6 Å². The predicted octanol–water partition coefficient (Wildman–Crippen LogP) is 1.47. The molecular weight excluding hydrogens is 202 g/mol. The van der Waals surface area contributed by atoms with Gasteiger partial charge in [-0.15, -0.1) is 11.6 Å². The Bertz CT molecular complexity index is 302. The summed E-state index contributed by atoms with van der Waals surface area (Å²) < 4.78 is 4.51. The Morgan fingerprint density at radius 3 is 2.50 bits per heavy atom. The molecule has 3 nitrogen and oxygen atoms in total. The summed E-state index contributed by atoms with van der Waals surface area (Å²) in [6.07, 6.45) is 0. The van der Waals surface area contributed by atoms with Crippen LogP contribution in [0.15, 0.2) is 30.3 Å². The molecule has 0 aromatic heterocycles. The van der Waals surface area contributed by atoms with Crippen LogP contribution < -0.4 is 5.73 Å². The van der Waals surface area contributed by atoms with Gasteiger partial charge in [0, 0.05) is 0 Å². The van der Waals surface area contributed by atoms with Gasteiger partial charge in [-0.05, 0) is 5.56 Å². The number of methoxy groups -OCH3 is 1. The highest BCUT2D eigenvalue weighted by Gasteiger charge is 2.24. The van der Waals surface area contributed by atoms with Crippen molar-refractivity contribution in [3.05, 3.63) is 35.9 Å². The van der Waals surface area contributed by atoms with Crippen molar-refractivity contribution in [2.45, 2.75) is 11.4 Å². The SMILES string of the molecule is COC(=O)[C@@H](N)C(Cl)c1ccccc1. The first-order valence-corrected chi connectivity index (χ1v) is 4.63. The molecule has 0 fully saturated rings. The van der Waals surface area contributed by atoms with E-state index in [2.05, 4.69) is 4.74 Å². The number of halogens is 1. The zero-order valence-electron chi connectivity index (χ0n) is 7.81. The molecule has 0 aliphatic rings. The normalized spacial score (nSPS) is 14.5. The number of rotatable bonds is 3. The summed E-state index contributed by atoms with van der Waals surface area (Å²) in [5.41, 5.74) is 6.41. The maximum absolute atomic E-state index is 11.1. The lowest BCUT2D eigenvalue weighted by molar-refractivity contribution is -0.142. The number of hydrogen-bond acceptors (Lipinski definition) is 3. The van der Waals surface area contributed by atoms with E-state index < -0.39 is 17.4 Å². The van der Waals surface area contributed by atoms with Gasteiger partial charge < -0.3 is 10.5 Å². The van der Waals surface area contributed by atoms with Gasteiger partial charge in [0.15, 0.2) is 0 Å². The number of ether oxygens (including phenoxy) is 1. The van der Waals surface area contributed by atoms with E-state index in [1.54, 1.807) is 0 Å². The van der Waals surface area contributed by atoms with Crippen LogP contribution in [-0.2, 0) is 9.53 Å². The van der Waals surface area contributed by atoms with Gasteiger partial charge in [0.05, 0.1) is 12.5 Å². The van der Waals surface area contributed by atoms with Crippen molar-refractivity contribution in [2.75, 3.05) is 7.11 Å². The van der Waals surface area contributed by atoms with Crippen LogP contribution in [0.4, 0.5) is 0 Å². The molecule has 2 atom stereocenters. The molecule has 1 rings (SSSR count). The Morgan fingerprint density at radius 1 is 1.43 bits per heavy atom. The van der Waals surface area contributed by atoms with Crippen molar-refractivity contribution < 1.29 is 9.53 Å². The maximum Gasteiger partial charge on any atom is 0.324 e. The highest BCUT2D eigenvalue weighted by Crippen LogP contribution is 2.23. The predicted molar refractivity (Wildman–Crippen MR) is 55.0 cm³/mol. The average Bonchev–Trinajstić information content (AvgIpc) is 2.27. The fourth-order valence-electron chi connectivity index (χ4n) is 1.10. The molecule has 0 saturated carbocycles. The van der Waals surface area contributed by atoms with Crippen molar-refractivity contribution in [1.29, 1.82) is 0 Å². The minimum atomic E-state index is -0.830. The summed E-state index contributed by atoms with van der Waals surface area (Å²) in [5.74, 6) is -0.506. The van der Waals surface area contributed by atoms with Crippen LogP contribution in [0.5, 0.6) is 0 Å².